The summed E-state index contributed by atoms with van der Waals surface area (Å²) in [6.45, 7) is 7.52. The van der Waals surface area contributed by atoms with Gasteiger partial charge >= 0.3 is 0 Å². The summed E-state index contributed by atoms with van der Waals surface area (Å²) in [7, 11) is 0. The van der Waals surface area contributed by atoms with Gasteiger partial charge in [-0.15, -0.1) is 0 Å². The molecule has 0 unspecified atom stereocenters. The van der Waals surface area contributed by atoms with Crippen molar-refractivity contribution in [2.24, 2.45) is 0 Å². The molecule has 0 saturated carbocycles. The second-order valence-corrected chi connectivity index (χ2v) is 3.09. The van der Waals surface area contributed by atoms with Crippen molar-refractivity contribution in [2.75, 3.05) is 0 Å². The minimum atomic E-state index is -0.189. The molecule has 0 aromatic heterocycles. The van der Waals surface area contributed by atoms with E-state index < -0.39 is 0 Å². The standard InChI is InChI=1S/C12H13F/c1-4-9(2)7-11-5-6-12(13)8-10(11)3/h4-8H,1H2,2-3H3/b9-7-. The van der Waals surface area contributed by atoms with Crippen molar-refractivity contribution >= 4 is 6.08 Å². The van der Waals surface area contributed by atoms with Gasteiger partial charge < -0.3 is 0 Å². The van der Waals surface area contributed by atoms with Crippen LogP contribution in [-0.4, -0.2) is 0 Å². The van der Waals surface area contributed by atoms with Crippen molar-refractivity contribution in [1.29, 1.82) is 0 Å². The molecule has 0 aliphatic carbocycles. The van der Waals surface area contributed by atoms with Crippen LogP contribution in [0.1, 0.15) is 18.1 Å². The van der Waals surface area contributed by atoms with E-state index in [1.807, 2.05) is 19.9 Å². The first-order valence-corrected chi connectivity index (χ1v) is 4.20. The minimum absolute atomic E-state index is 0.189. The van der Waals surface area contributed by atoms with Crippen LogP contribution in [0.5, 0.6) is 0 Å². The van der Waals surface area contributed by atoms with Gasteiger partial charge in [0.05, 0.1) is 0 Å². The molecule has 1 rings (SSSR count). The van der Waals surface area contributed by atoms with Crippen molar-refractivity contribution in [3.63, 3.8) is 0 Å². The molecule has 68 valence electrons. The summed E-state index contributed by atoms with van der Waals surface area (Å²) in [5.74, 6) is -0.189. The highest BCUT2D eigenvalue weighted by molar-refractivity contribution is 5.58. The molecule has 0 amide bonds. The maximum atomic E-state index is 12.7. The Morgan fingerprint density at radius 3 is 2.69 bits per heavy atom. The molecule has 0 radical (unpaired) electrons. The first-order chi connectivity index (χ1) is 6.13. The molecule has 13 heavy (non-hydrogen) atoms. The fourth-order valence-electron chi connectivity index (χ4n) is 1.11. The number of halogens is 1. The second-order valence-electron chi connectivity index (χ2n) is 3.09. The largest absolute Gasteiger partial charge is 0.207 e. The fourth-order valence-corrected chi connectivity index (χ4v) is 1.11. The zero-order valence-corrected chi connectivity index (χ0v) is 7.97. The van der Waals surface area contributed by atoms with Gasteiger partial charge in [0.25, 0.3) is 0 Å². The van der Waals surface area contributed by atoms with Gasteiger partial charge in [0.2, 0.25) is 0 Å². The van der Waals surface area contributed by atoms with Gasteiger partial charge in [0, 0.05) is 0 Å². The molecule has 0 fully saturated rings. The molecule has 1 aromatic rings. The van der Waals surface area contributed by atoms with Crippen molar-refractivity contribution in [2.45, 2.75) is 13.8 Å². The molecule has 1 aromatic carbocycles. The molecular formula is C12H13F. The summed E-state index contributed by atoms with van der Waals surface area (Å²) in [5, 5.41) is 0. The van der Waals surface area contributed by atoms with Crippen molar-refractivity contribution in [3.05, 3.63) is 53.4 Å². The van der Waals surface area contributed by atoms with E-state index in [-0.39, 0.29) is 5.82 Å². The Labute approximate surface area is 78.4 Å². The van der Waals surface area contributed by atoms with Crippen molar-refractivity contribution in [3.8, 4) is 0 Å². The van der Waals surface area contributed by atoms with Crippen LogP contribution in [-0.2, 0) is 0 Å². The molecule has 0 N–H and O–H groups in total. The third-order valence-corrected chi connectivity index (χ3v) is 1.94. The van der Waals surface area contributed by atoms with Crippen molar-refractivity contribution < 1.29 is 4.39 Å². The van der Waals surface area contributed by atoms with Crippen LogP contribution in [0.4, 0.5) is 4.39 Å². The van der Waals surface area contributed by atoms with Crippen LogP contribution in [0.2, 0.25) is 0 Å². The molecule has 0 spiro atoms. The number of aryl methyl sites for hydroxylation is 1. The molecule has 0 heterocycles. The predicted molar refractivity (Wildman–Crippen MR) is 55.0 cm³/mol. The van der Waals surface area contributed by atoms with E-state index in [2.05, 4.69) is 6.58 Å². The quantitative estimate of drug-likeness (QED) is 0.602. The fraction of sp³-hybridized carbons (Fsp3) is 0.167. The van der Waals surface area contributed by atoms with E-state index in [0.29, 0.717) is 0 Å². The maximum absolute atomic E-state index is 12.7. The van der Waals surface area contributed by atoms with E-state index in [1.165, 1.54) is 12.1 Å². The Morgan fingerprint density at radius 2 is 2.15 bits per heavy atom. The Kier molecular flexibility index (Phi) is 3.02. The lowest BCUT2D eigenvalue weighted by Gasteiger charge is -2.00. The monoisotopic (exact) mass is 176 g/mol. The van der Waals surface area contributed by atoms with E-state index in [0.717, 1.165) is 16.7 Å². The normalized spacial score (nSPS) is 11.5. The first kappa shape index (κ1) is 9.72. The average molecular weight is 176 g/mol. The van der Waals surface area contributed by atoms with Crippen LogP contribution in [0, 0.1) is 12.7 Å². The van der Waals surface area contributed by atoms with Gasteiger partial charge in [-0.25, -0.2) is 4.39 Å². The van der Waals surface area contributed by atoms with Gasteiger partial charge in [-0.05, 0) is 37.1 Å². The van der Waals surface area contributed by atoms with E-state index in [9.17, 15) is 4.39 Å². The summed E-state index contributed by atoms with van der Waals surface area (Å²) >= 11 is 0. The molecule has 0 saturated heterocycles. The van der Waals surface area contributed by atoms with Gasteiger partial charge in [0.15, 0.2) is 0 Å². The first-order valence-electron chi connectivity index (χ1n) is 4.20. The van der Waals surface area contributed by atoms with E-state index in [4.69, 9.17) is 0 Å². The summed E-state index contributed by atoms with van der Waals surface area (Å²) < 4.78 is 12.7. The number of benzene rings is 1. The highest BCUT2D eigenvalue weighted by atomic mass is 19.1. The molecule has 0 bridgehead atoms. The topological polar surface area (TPSA) is 0 Å². The van der Waals surface area contributed by atoms with E-state index in [1.54, 1.807) is 12.1 Å². The molecule has 1 heteroatoms. The molecule has 0 aliphatic rings. The molecule has 0 aliphatic heterocycles. The second kappa shape index (κ2) is 4.04. The Bertz CT molecular complexity index is 348. The summed E-state index contributed by atoms with van der Waals surface area (Å²) in [4.78, 5) is 0. The highest BCUT2D eigenvalue weighted by Crippen LogP contribution is 2.13. The average Bonchev–Trinajstić information content (AvgIpc) is 2.09. The molecule has 0 atom stereocenters. The highest BCUT2D eigenvalue weighted by Gasteiger charge is 1.96. The Morgan fingerprint density at radius 1 is 1.46 bits per heavy atom. The lowest BCUT2D eigenvalue weighted by atomic mass is 10.1. The number of rotatable bonds is 2. The van der Waals surface area contributed by atoms with Crippen LogP contribution in [0.15, 0.2) is 36.4 Å². The third-order valence-electron chi connectivity index (χ3n) is 1.94. The van der Waals surface area contributed by atoms with Gasteiger partial charge in [0.1, 0.15) is 5.82 Å². The maximum Gasteiger partial charge on any atom is 0.123 e. The summed E-state index contributed by atoms with van der Waals surface area (Å²) in [5.41, 5.74) is 3.06. The zero-order chi connectivity index (χ0) is 9.84. The Balaban J connectivity index is 3.09. The van der Waals surface area contributed by atoms with Crippen LogP contribution in [0.3, 0.4) is 0 Å². The molecular weight excluding hydrogens is 163 g/mol. The minimum Gasteiger partial charge on any atom is -0.207 e. The van der Waals surface area contributed by atoms with Crippen LogP contribution < -0.4 is 0 Å². The lowest BCUT2D eigenvalue weighted by Crippen LogP contribution is -1.83. The summed E-state index contributed by atoms with van der Waals surface area (Å²) in [6, 6.07) is 4.77. The number of hydrogen-bond donors (Lipinski definition) is 0. The summed E-state index contributed by atoms with van der Waals surface area (Å²) in [6.07, 6.45) is 3.77. The number of allylic oxidation sites excluding steroid dienone is 2. The van der Waals surface area contributed by atoms with E-state index >= 15 is 0 Å². The van der Waals surface area contributed by atoms with Gasteiger partial charge in [-0.2, -0.15) is 0 Å². The van der Waals surface area contributed by atoms with Crippen molar-refractivity contribution in [1.82, 2.24) is 0 Å². The molecule has 0 nitrogen and oxygen atoms in total. The smallest absolute Gasteiger partial charge is 0.123 e. The van der Waals surface area contributed by atoms with Crippen LogP contribution in [0.25, 0.3) is 6.08 Å². The SMILES string of the molecule is C=C/C(C)=C\c1ccc(F)cc1C. The van der Waals surface area contributed by atoms with Gasteiger partial charge in [-0.3, -0.25) is 0 Å². The third kappa shape index (κ3) is 2.55. The van der Waals surface area contributed by atoms with Gasteiger partial charge in [-0.1, -0.05) is 30.4 Å². The number of hydrogen-bond acceptors (Lipinski definition) is 0. The Hall–Kier alpha value is -1.37. The predicted octanol–water partition coefficient (Wildman–Crippen LogP) is 3.72. The zero-order valence-electron chi connectivity index (χ0n) is 7.97. The van der Waals surface area contributed by atoms with Crippen LogP contribution >= 0.6 is 0 Å². The lowest BCUT2D eigenvalue weighted by molar-refractivity contribution is 0.626.